The SMILES string of the molecule is CCc1nc(SCC(=O)N2CCCC[C@@H]2c2nccs2)n[nH]1. The van der Waals surface area contributed by atoms with E-state index in [1.807, 2.05) is 23.4 Å². The second-order valence-electron chi connectivity index (χ2n) is 5.18. The molecule has 3 rings (SSSR count). The van der Waals surface area contributed by atoms with Crippen molar-refractivity contribution in [3.8, 4) is 0 Å². The number of aromatic amines is 1. The van der Waals surface area contributed by atoms with Crippen molar-refractivity contribution in [1.82, 2.24) is 25.1 Å². The van der Waals surface area contributed by atoms with Crippen molar-refractivity contribution in [3.05, 3.63) is 22.4 Å². The number of hydrogen-bond donors (Lipinski definition) is 1. The van der Waals surface area contributed by atoms with E-state index < -0.39 is 0 Å². The zero-order valence-electron chi connectivity index (χ0n) is 12.5. The summed E-state index contributed by atoms with van der Waals surface area (Å²) in [6, 6.07) is 0.139. The molecule has 22 heavy (non-hydrogen) atoms. The molecule has 1 amide bonds. The van der Waals surface area contributed by atoms with E-state index in [9.17, 15) is 4.79 Å². The van der Waals surface area contributed by atoms with E-state index in [1.165, 1.54) is 11.8 Å². The molecule has 1 atom stereocenters. The van der Waals surface area contributed by atoms with Crippen molar-refractivity contribution < 1.29 is 4.79 Å². The molecule has 0 radical (unpaired) electrons. The number of piperidine rings is 1. The summed E-state index contributed by atoms with van der Waals surface area (Å²) in [6.45, 7) is 2.84. The molecule has 6 nitrogen and oxygen atoms in total. The number of carbonyl (C=O) groups is 1. The van der Waals surface area contributed by atoms with Crippen molar-refractivity contribution >= 4 is 29.0 Å². The number of aryl methyl sites for hydroxylation is 1. The highest BCUT2D eigenvalue weighted by atomic mass is 32.2. The molecule has 0 aromatic carbocycles. The van der Waals surface area contributed by atoms with Crippen LogP contribution in [0.3, 0.4) is 0 Å². The van der Waals surface area contributed by atoms with E-state index in [-0.39, 0.29) is 11.9 Å². The number of hydrogen-bond acceptors (Lipinski definition) is 6. The molecule has 118 valence electrons. The summed E-state index contributed by atoms with van der Waals surface area (Å²) in [4.78, 5) is 23.3. The Morgan fingerprint density at radius 3 is 3.18 bits per heavy atom. The summed E-state index contributed by atoms with van der Waals surface area (Å²) in [5.41, 5.74) is 0. The van der Waals surface area contributed by atoms with Crippen LogP contribution >= 0.6 is 23.1 Å². The highest BCUT2D eigenvalue weighted by Gasteiger charge is 2.29. The van der Waals surface area contributed by atoms with E-state index in [2.05, 4.69) is 20.2 Å². The highest BCUT2D eigenvalue weighted by Crippen LogP contribution is 2.32. The molecule has 1 saturated heterocycles. The maximum atomic E-state index is 12.6. The molecule has 8 heteroatoms. The fourth-order valence-electron chi connectivity index (χ4n) is 2.60. The molecule has 1 aliphatic rings. The predicted molar refractivity (Wildman–Crippen MR) is 86.9 cm³/mol. The maximum absolute atomic E-state index is 12.6. The first-order valence-electron chi connectivity index (χ1n) is 7.51. The lowest BCUT2D eigenvalue weighted by Crippen LogP contribution is -2.39. The van der Waals surface area contributed by atoms with Crippen molar-refractivity contribution in [1.29, 1.82) is 0 Å². The van der Waals surface area contributed by atoms with Crippen LogP contribution in [0.4, 0.5) is 0 Å². The van der Waals surface area contributed by atoms with Gasteiger partial charge in [0.2, 0.25) is 11.1 Å². The molecular formula is C14H19N5OS2. The van der Waals surface area contributed by atoms with E-state index in [1.54, 1.807) is 11.3 Å². The minimum atomic E-state index is 0.139. The number of H-pyrrole nitrogens is 1. The van der Waals surface area contributed by atoms with Gasteiger partial charge in [-0.15, -0.1) is 16.4 Å². The smallest absolute Gasteiger partial charge is 0.233 e. The minimum absolute atomic E-state index is 0.139. The molecule has 0 aliphatic carbocycles. The first kappa shape index (κ1) is 15.5. The molecule has 0 bridgehead atoms. The second-order valence-corrected chi connectivity index (χ2v) is 7.04. The van der Waals surface area contributed by atoms with Gasteiger partial charge in [0.25, 0.3) is 0 Å². The Labute approximate surface area is 137 Å². The standard InChI is InChI=1S/C14H19N5OS2/c1-2-11-16-14(18-17-11)22-9-12(20)19-7-4-3-5-10(19)13-15-6-8-21-13/h6,8,10H,2-5,7,9H2,1H3,(H,16,17,18)/t10-/m1/s1. The Bertz CT molecular complexity index is 613. The summed E-state index contributed by atoms with van der Waals surface area (Å²) in [6.07, 6.45) is 5.86. The van der Waals surface area contributed by atoms with Crippen LogP contribution in [-0.4, -0.2) is 43.3 Å². The number of nitrogens with zero attached hydrogens (tertiary/aromatic N) is 4. The van der Waals surface area contributed by atoms with Gasteiger partial charge in [-0.1, -0.05) is 18.7 Å². The van der Waals surface area contributed by atoms with Gasteiger partial charge in [-0.3, -0.25) is 9.89 Å². The third-order valence-corrected chi connectivity index (χ3v) is 5.44. The van der Waals surface area contributed by atoms with Crippen LogP contribution in [0.1, 0.15) is 43.1 Å². The average Bonchev–Trinajstić information content (AvgIpc) is 3.24. The van der Waals surface area contributed by atoms with E-state index in [4.69, 9.17) is 0 Å². The third-order valence-electron chi connectivity index (χ3n) is 3.73. The van der Waals surface area contributed by atoms with Crippen molar-refractivity contribution in [2.24, 2.45) is 0 Å². The van der Waals surface area contributed by atoms with Crippen molar-refractivity contribution in [2.75, 3.05) is 12.3 Å². The fourth-order valence-corrected chi connectivity index (χ4v) is 4.08. The molecular weight excluding hydrogens is 318 g/mol. The number of likely N-dealkylation sites (tertiary alicyclic amines) is 1. The summed E-state index contributed by atoms with van der Waals surface area (Å²) >= 11 is 3.03. The monoisotopic (exact) mass is 337 g/mol. The molecule has 3 heterocycles. The van der Waals surface area contributed by atoms with Crippen molar-refractivity contribution in [3.63, 3.8) is 0 Å². The molecule has 0 spiro atoms. The zero-order valence-corrected chi connectivity index (χ0v) is 14.1. The fraction of sp³-hybridized carbons (Fsp3) is 0.571. The predicted octanol–water partition coefficient (Wildman–Crippen LogP) is 2.67. The van der Waals surface area contributed by atoms with Gasteiger partial charge in [-0.05, 0) is 19.3 Å². The van der Waals surface area contributed by atoms with Crippen LogP contribution in [0.5, 0.6) is 0 Å². The van der Waals surface area contributed by atoms with Gasteiger partial charge >= 0.3 is 0 Å². The molecule has 1 fully saturated rings. The third kappa shape index (κ3) is 3.49. The summed E-state index contributed by atoms with van der Waals surface area (Å²) in [5, 5.41) is 10.7. The Balaban J connectivity index is 1.62. The Kier molecular flexibility index (Phi) is 5.09. The number of amides is 1. The summed E-state index contributed by atoms with van der Waals surface area (Å²) in [7, 11) is 0. The number of aromatic nitrogens is 4. The van der Waals surface area contributed by atoms with Gasteiger partial charge in [0, 0.05) is 24.5 Å². The quantitative estimate of drug-likeness (QED) is 0.849. The highest BCUT2D eigenvalue weighted by molar-refractivity contribution is 7.99. The maximum Gasteiger partial charge on any atom is 0.233 e. The first-order chi connectivity index (χ1) is 10.8. The summed E-state index contributed by atoms with van der Waals surface area (Å²) in [5.74, 6) is 1.38. The van der Waals surface area contributed by atoms with Crippen LogP contribution in [0.2, 0.25) is 0 Å². The van der Waals surface area contributed by atoms with Crippen LogP contribution in [0.15, 0.2) is 16.7 Å². The Morgan fingerprint density at radius 2 is 2.45 bits per heavy atom. The normalized spacial score (nSPS) is 18.6. The van der Waals surface area contributed by atoms with E-state index in [0.29, 0.717) is 10.9 Å². The van der Waals surface area contributed by atoms with Gasteiger partial charge in [-0.2, -0.15) is 0 Å². The van der Waals surface area contributed by atoms with Gasteiger partial charge in [0.05, 0.1) is 11.8 Å². The zero-order chi connectivity index (χ0) is 15.4. The summed E-state index contributed by atoms with van der Waals surface area (Å²) < 4.78 is 0. The lowest BCUT2D eigenvalue weighted by atomic mass is 10.0. The number of thioether (sulfide) groups is 1. The first-order valence-corrected chi connectivity index (χ1v) is 9.37. The second kappa shape index (κ2) is 7.23. The molecule has 1 N–H and O–H groups in total. The average molecular weight is 337 g/mol. The molecule has 1 aliphatic heterocycles. The van der Waals surface area contributed by atoms with E-state index >= 15 is 0 Å². The van der Waals surface area contributed by atoms with Crippen LogP contribution in [-0.2, 0) is 11.2 Å². The van der Waals surface area contributed by atoms with Crippen LogP contribution < -0.4 is 0 Å². The van der Waals surface area contributed by atoms with Crippen LogP contribution in [0, 0.1) is 0 Å². The lowest BCUT2D eigenvalue weighted by molar-refractivity contribution is -0.132. The Morgan fingerprint density at radius 1 is 1.55 bits per heavy atom. The van der Waals surface area contributed by atoms with E-state index in [0.717, 1.165) is 43.1 Å². The number of rotatable bonds is 5. The lowest BCUT2D eigenvalue weighted by Gasteiger charge is -2.34. The number of carbonyl (C=O) groups excluding carboxylic acids is 1. The number of nitrogens with one attached hydrogen (secondary N) is 1. The van der Waals surface area contributed by atoms with Gasteiger partial charge in [0.15, 0.2) is 0 Å². The minimum Gasteiger partial charge on any atom is -0.332 e. The van der Waals surface area contributed by atoms with Crippen LogP contribution in [0.25, 0.3) is 0 Å². The molecule has 2 aromatic heterocycles. The van der Waals surface area contributed by atoms with Crippen molar-refractivity contribution in [2.45, 2.75) is 43.8 Å². The molecule has 0 saturated carbocycles. The topological polar surface area (TPSA) is 74.8 Å². The largest absolute Gasteiger partial charge is 0.332 e. The van der Waals surface area contributed by atoms with Gasteiger partial charge < -0.3 is 4.90 Å². The number of thiazole rings is 1. The molecule has 2 aromatic rings. The Hall–Kier alpha value is -1.41. The van der Waals surface area contributed by atoms with Gasteiger partial charge in [-0.25, -0.2) is 9.97 Å². The molecule has 0 unspecified atom stereocenters. The van der Waals surface area contributed by atoms with Gasteiger partial charge in [0.1, 0.15) is 10.8 Å².